The van der Waals surface area contributed by atoms with Gasteiger partial charge >= 0.3 is 5.97 Å². The van der Waals surface area contributed by atoms with E-state index in [1.807, 2.05) is 6.92 Å². The second-order valence-corrected chi connectivity index (χ2v) is 5.64. The van der Waals surface area contributed by atoms with Crippen molar-refractivity contribution in [3.05, 3.63) is 11.8 Å². The average molecular weight is 275 g/mol. The highest BCUT2D eigenvalue weighted by Crippen LogP contribution is 2.17. The van der Waals surface area contributed by atoms with Crippen molar-refractivity contribution >= 4 is 16.0 Å². The zero-order valence-corrected chi connectivity index (χ0v) is 11.5. The Labute approximate surface area is 106 Å². The van der Waals surface area contributed by atoms with Crippen LogP contribution in [-0.2, 0) is 14.8 Å². The van der Waals surface area contributed by atoms with Crippen molar-refractivity contribution in [2.24, 2.45) is 0 Å². The molecule has 7 nitrogen and oxygen atoms in total. The first-order chi connectivity index (χ1) is 8.45. The van der Waals surface area contributed by atoms with Gasteiger partial charge in [-0.05, 0) is 13.3 Å². The molecule has 0 unspecified atom stereocenters. The van der Waals surface area contributed by atoms with Crippen LogP contribution in [0, 0.1) is 0 Å². The number of carbonyl (C=O) groups is 1. The molecule has 18 heavy (non-hydrogen) atoms. The molecule has 102 valence electrons. The van der Waals surface area contributed by atoms with Crippen LogP contribution in [0.2, 0.25) is 0 Å². The Balaban J connectivity index is 3.11. The molecule has 1 N–H and O–H groups in total. The lowest BCUT2D eigenvalue weighted by molar-refractivity contribution is 0.0521. The predicted molar refractivity (Wildman–Crippen MR) is 64.7 cm³/mol. The molecule has 1 aromatic heterocycles. The molecule has 0 radical (unpaired) electrons. The van der Waals surface area contributed by atoms with Crippen molar-refractivity contribution in [1.82, 2.24) is 14.5 Å². The number of aromatic amines is 1. The van der Waals surface area contributed by atoms with Crippen LogP contribution in [0.4, 0.5) is 0 Å². The van der Waals surface area contributed by atoms with Gasteiger partial charge in [0.2, 0.25) is 0 Å². The second-order valence-electron chi connectivity index (χ2n) is 3.66. The Bertz CT molecular complexity index is 509. The Morgan fingerprint density at radius 3 is 2.72 bits per heavy atom. The average Bonchev–Trinajstić information content (AvgIpc) is 2.79. The maximum absolute atomic E-state index is 12.2. The molecule has 0 aliphatic heterocycles. The van der Waals surface area contributed by atoms with Gasteiger partial charge in [0, 0.05) is 13.6 Å². The molecule has 8 heteroatoms. The number of carbonyl (C=O) groups excluding carboxylic acids is 1. The molecule has 0 atom stereocenters. The highest BCUT2D eigenvalue weighted by atomic mass is 32.2. The summed E-state index contributed by atoms with van der Waals surface area (Å²) < 4.78 is 30.3. The molecule has 1 heterocycles. The van der Waals surface area contributed by atoms with Crippen LogP contribution >= 0.6 is 0 Å². The third-order valence-corrected chi connectivity index (χ3v) is 4.14. The molecule has 0 aliphatic carbocycles. The number of ether oxygens (including phenoxy) is 1. The van der Waals surface area contributed by atoms with Gasteiger partial charge in [-0.1, -0.05) is 6.92 Å². The first kappa shape index (κ1) is 14.7. The largest absolute Gasteiger partial charge is 0.462 e. The van der Waals surface area contributed by atoms with E-state index in [2.05, 4.69) is 10.2 Å². The van der Waals surface area contributed by atoms with Gasteiger partial charge in [-0.15, -0.1) is 0 Å². The molecular formula is C10H17N3O4S. The summed E-state index contributed by atoms with van der Waals surface area (Å²) in [6.07, 6.45) is 1.84. The molecule has 0 amide bonds. The molecule has 0 aromatic carbocycles. The zero-order chi connectivity index (χ0) is 13.8. The number of nitrogens with one attached hydrogen (secondary N) is 1. The predicted octanol–water partition coefficient (Wildman–Crippen LogP) is 0.617. The minimum Gasteiger partial charge on any atom is -0.462 e. The van der Waals surface area contributed by atoms with E-state index in [9.17, 15) is 13.2 Å². The van der Waals surface area contributed by atoms with Crippen LogP contribution in [0.15, 0.2) is 11.2 Å². The van der Waals surface area contributed by atoms with E-state index in [1.54, 1.807) is 6.92 Å². The van der Waals surface area contributed by atoms with E-state index in [1.165, 1.54) is 11.4 Å². The van der Waals surface area contributed by atoms with E-state index < -0.39 is 16.0 Å². The van der Waals surface area contributed by atoms with Crippen LogP contribution in [0.3, 0.4) is 0 Å². The van der Waals surface area contributed by atoms with Crippen molar-refractivity contribution in [2.75, 3.05) is 20.2 Å². The quantitative estimate of drug-likeness (QED) is 0.768. The summed E-state index contributed by atoms with van der Waals surface area (Å²) in [5.41, 5.74) is -0.0696. The topological polar surface area (TPSA) is 92.4 Å². The van der Waals surface area contributed by atoms with Crippen molar-refractivity contribution in [1.29, 1.82) is 0 Å². The lowest BCUT2D eigenvalue weighted by Gasteiger charge is -2.15. The molecule has 0 bridgehead atoms. The van der Waals surface area contributed by atoms with Crippen molar-refractivity contribution < 1.29 is 17.9 Å². The number of esters is 1. The molecule has 0 fully saturated rings. The zero-order valence-electron chi connectivity index (χ0n) is 10.6. The maximum Gasteiger partial charge on any atom is 0.342 e. The molecular weight excluding hydrogens is 258 g/mol. The fourth-order valence-corrected chi connectivity index (χ4v) is 2.73. The third kappa shape index (κ3) is 2.88. The summed E-state index contributed by atoms with van der Waals surface area (Å²) in [5, 5.41) is 5.72. The first-order valence-electron chi connectivity index (χ1n) is 5.62. The number of sulfonamides is 1. The Kier molecular flexibility index (Phi) is 4.85. The highest BCUT2D eigenvalue weighted by Gasteiger charge is 2.29. The van der Waals surface area contributed by atoms with Crippen LogP contribution in [-0.4, -0.2) is 49.1 Å². The lowest BCUT2D eigenvalue weighted by atomic mass is 10.4. The molecule has 0 saturated heterocycles. The lowest BCUT2D eigenvalue weighted by Crippen LogP contribution is -2.29. The van der Waals surface area contributed by atoms with Crippen LogP contribution in [0.25, 0.3) is 0 Å². The van der Waals surface area contributed by atoms with E-state index in [0.717, 1.165) is 6.20 Å². The van der Waals surface area contributed by atoms with Gasteiger partial charge in [0.1, 0.15) is 5.56 Å². The molecule has 0 aliphatic rings. The third-order valence-electron chi connectivity index (χ3n) is 2.31. The monoisotopic (exact) mass is 275 g/mol. The van der Waals surface area contributed by atoms with Crippen LogP contribution in [0.1, 0.15) is 30.6 Å². The summed E-state index contributed by atoms with van der Waals surface area (Å²) in [4.78, 5) is 11.6. The second kappa shape index (κ2) is 5.96. The van der Waals surface area contributed by atoms with Crippen LogP contribution < -0.4 is 0 Å². The van der Waals surface area contributed by atoms with E-state index >= 15 is 0 Å². The number of nitrogens with zero attached hydrogens (tertiary/aromatic N) is 2. The van der Waals surface area contributed by atoms with Gasteiger partial charge in [-0.2, -0.15) is 9.40 Å². The van der Waals surface area contributed by atoms with Gasteiger partial charge in [-0.25, -0.2) is 13.2 Å². The number of hydrogen-bond acceptors (Lipinski definition) is 5. The summed E-state index contributed by atoms with van der Waals surface area (Å²) in [6.45, 7) is 4.05. The standard InChI is InChI=1S/C10H17N3O4S/c1-4-6-13(3)18(15,16)9-8(7-11-12-9)10(14)17-5-2/h7H,4-6H2,1-3H3,(H,11,12). The number of aromatic nitrogens is 2. The van der Waals surface area contributed by atoms with Gasteiger partial charge in [0.15, 0.2) is 5.03 Å². The smallest absolute Gasteiger partial charge is 0.342 e. The summed E-state index contributed by atoms with van der Waals surface area (Å²) in [7, 11) is -2.28. The van der Waals surface area contributed by atoms with E-state index in [0.29, 0.717) is 13.0 Å². The Morgan fingerprint density at radius 2 is 2.17 bits per heavy atom. The fraction of sp³-hybridized carbons (Fsp3) is 0.600. The fourth-order valence-electron chi connectivity index (χ4n) is 1.42. The number of hydrogen-bond donors (Lipinski definition) is 1. The minimum atomic E-state index is -3.74. The molecule has 1 aromatic rings. The SMILES string of the molecule is CCCN(C)S(=O)(=O)c1[nH]ncc1C(=O)OCC. The minimum absolute atomic E-state index is 0.0696. The van der Waals surface area contributed by atoms with E-state index in [-0.39, 0.29) is 17.2 Å². The first-order valence-corrected chi connectivity index (χ1v) is 7.06. The Hall–Kier alpha value is -1.41. The summed E-state index contributed by atoms with van der Waals surface area (Å²) >= 11 is 0. The summed E-state index contributed by atoms with van der Waals surface area (Å²) in [5.74, 6) is -0.699. The molecule has 0 saturated carbocycles. The van der Waals surface area contributed by atoms with Gasteiger partial charge in [0.25, 0.3) is 10.0 Å². The van der Waals surface area contributed by atoms with Gasteiger partial charge < -0.3 is 4.74 Å². The maximum atomic E-state index is 12.2. The van der Waals surface area contributed by atoms with Crippen molar-refractivity contribution in [2.45, 2.75) is 25.3 Å². The van der Waals surface area contributed by atoms with Crippen molar-refractivity contribution in [3.63, 3.8) is 0 Å². The number of rotatable bonds is 6. The molecule has 1 rings (SSSR count). The summed E-state index contributed by atoms with van der Waals surface area (Å²) in [6, 6.07) is 0. The van der Waals surface area contributed by atoms with Crippen LogP contribution in [0.5, 0.6) is 0 Å². The number of H-pyrrole nitrogens is 1. The van der Waals surface area contributed by atoms with Gasteiger partial charge in [0.05, 0.1) is 12.8 Å². The highest BCUT2D eigenvalue weighted by molar-refractivity contribution is 7.89. The van der Waals surface area contributed by atoms with Gasteiger partial charge in [-0.3, -0.25) is 5.10 Å². The van der Waals surface area contributed by atoms with E-state index in [4.69, 9.17) is 4.74 Å². The van der Waals surface area contributed by atoms with Crippen molar-refractivity contribution in [3.8, 4) is 0 Å². The molecule has 0 spiro atoms. The normalized spacial score (nSPS) is 11.8. The Morgan fingerprint density at radius 1 is 1.50 bits per heavy atom.